The van der Waals surface area contributed by atoms with Crippen molar-refractivity contribution in [3.05, 3.63) is 17.5 Å². The van der Waals surface area contributed by atoms with Gasteiger partial charge in [0.05, 0.1) is 5.69 Å². The molecule has 94 valence electrons. The van der Waals surface area contributed by atoms with E-state index in [4.69, 9.17) is 15.5 Å². The van der Waals surface area contributed by atoms with Gasteiger partial charge >= 0.3 is 0 Å². The molecule has 7 nitrogen and oxygen atoms in total. The van der Waals surface area contributed by atoms with Crippen LogP contribution in [0.2, 0.25) is 0 Å². The number of carbonyl (C=O) groups excluding carboxylic acids is 1. The highest BCUT2D eigenvalue weighted by Crippen LogP contribution is 2.07. The second-order valence-corrected chi connectivity index (χ2v) is 3.94. The molecule has 1 heterocycles. The summed E-state index contributed by atoms with van der Waals surface area (Å²) in [7, 11) is 1.61. The van der Waals surface area contributed by atoms with Crippen molar-refractivity contribution in [1.82, 2.24) is 10.1 Å². The summed E-state index contributed by atoms with van der Waals surface area (Å²) < 4.78 is 4.86. The molecule has 0 aliphatic heterocycles. The molecule has 0 aliphatic carbocycles. The molecule has 0 radical (unpaired) electrons. The summed E-state index contributed by atoms with van der Waals surface area (Å²) in [6.45, 7) is 3.82. The van der Waals surface area contributed by atoms with Crippen molar-refractivity contribution in [2.24, 2.45) is 16.8 Å². The van der Waals surface area contributed by atoms with E-state index in [2.05, 4.69) is 10.3 Å². The van der Waals surface area contributed by atoms with Gasteiger partial charge in [0.25, 0.3) is 5.91 Å². The Morgan fingerprint density at radius 1 is 1.76 bits per heavy atom. The predicted octanol–water partition coefficient (Wildman–Crippen LogP) is 0.438. The van der Waals surface area contributed by atoms with Crippen LogP contribution >= 0.6 is 0 Å². The third kappa shape index (κ3) is 3.20. The predicted molar refractivity (Wildman–Crippen MR) is 60.8 cm³/mol. The number of aryl methyl sites for hydroxylation is 1. The van der Waals surface area contributed by atoms with Gasteiger partial charge in [-0.05, 0) is 6.92 Å². The third-order valence-corrected chi connectivity index (χ3v) is 2.35. The lowest BCUT2D eigenvalue weighted by Gasteiger charge is -2.19. The first-order valence-electron chi connectivity index (χ1n) is 5.12. The number of hydrogen-bond acceptors (Lipinski definition) is 5. The minimum atomic E-state index is -0.289. The highest BCUT2D eigenvalue weighted by atomic mass is 16.5. The van der Waals surface area contributed by atoms with Gasteiger partial charge in [-0.1, -0.05) is 17.2 Å². The molecule has 1 atom stereocenters. The van der Waals surface area contributed by atoms with Crippen LogP contribution in [0.4, 0.5) is 0 Å². The van der Waals surface area contributed by atoms with Crippen molar-refractivity contribution < 1.29 is 14.5 Å². The Kier molecular flexibility index (Phi) is 4.08. The van der Waals surface area contributed by atoms with Gasteiger partial charge in [0.1, 0.15) is 5.84 Å². The Bertz CT molecular complexity index is 427. The van der Waals surface area contributed by atoms with Crippen LogP contribution in [0.15, 0.2) is 15.7 Å². The first kappa shape index (κ1) is 13.0. The smallest absolute Gasteiger partial charge is 0.292 e. The molecule has 1 unspecified atom stereocenters. The molecule has 0 saturated carbocycles. The van der Waals surface area contributed by atoms with E-state index >= 15 is 0 Å². The largest absolute Gasteiger partial charge is 0.409 e. The monoisotopic (exact) mass is 240 g/mol. The Balaban J connectivity index is 2.65. The van der Waals surface area contributed by atoms with Crippen LogP contribution < -0.4 is 5.73 Å². The molecular weight excluding hydrogens is 224 g/mol. The molecule has 0 fully saturated rings. The lowest BCUT2D eigenvalue weighted by molar-refractivity contribution is 0.0744. The molecule has 0 bridgehead atoms. The van der Waals surface area contributed by atoms with Crippen molar-refractivity contribution in [2.75, 3.05) is 13.6 Å². The van der Waals surface area contributed by atoms with Crippen molar-refractivity contribution in [1.29, 1.82) is 0 Å². The van der Waals surface area contributed by atoms with Crippen molar-refractivity contribution in [3.8, 4) is 0 Å². The fourth-order valence-electron chi connectivity index (χ4n) is 1.34. The minimum Gasteiger partial charge on any atom is -0.409 e. The second-order valence-electron chi connectivity index (χ2n) is 3.94. The van der Waals surface area contributed by atoms with Gasteiger partial charge in [0, 0.05) is 25.6 Å². The Morgan fingerprint density at radius 3 is 2.88 bits per heavy atom. The van der Waals surface area contributed by atoms with Crippen LogP contribution in [-0.2, 0) is 0 Å². The molecule has 0 spiro atoms. The number of hydrogen-bond donors (Lipinski definition) is 2. The molecule has 1 aromatic rings. The number of amides is 1. The second kappa shape index (κ2) is 5.33. The number of nitrogens with two attached hydrogens (primary N) is 1. The number of carbonyl (C=O) groups is 1. The van der Waals surface area contributed by atoms with Crippen LogP contribution in [0.25, 0.3) is 0 Å². The Hall–Kier alpha value is -2.05. The van der Waals surface area contributed by atoms with Crippen molar-refractivity contribution >= 4 is 11.7 Å². The number of rotatable bonds is 4. The quantitative estimate of drug-likeness (QED) is 0.344. The maximum atomic E-state index is 11.9. The van der Waals surface area contributed by atoms with E-state index in [1.807, 2.05) is 0 Å². The van der Waals surface area contributed by atoms with E-state index in [0.29, 0.717) is 12.2 Å². The lowest BCUT2D eigenvalue weighted by Crippen LogP contribution is -2.36. The van der Waals surface area contributed by atoms with Crippen LogP contribution in [0.1, 0.15) is 23.2 Å². The fourth-order valence-corrected chi connectivity index (χ4v) is 1.34. The minimum absolute atomic E-state index is 0.0819. The Morgan fingerprint density at radius 2 is 2.41 bits per heavy atom. The van der Waals surface area contributed by atoms with E-state index in [1.165, 1.54) is 4.90 Å². The van der Waals surface area contributed by atoms with Crippen LogP contribution in [0.3, 0.4) is 0 Å². The summed E-state index contributed by atoms with van der Waals surface area (Å²) in [6.07, 6.45) is 0. The van der Waals surface area contributed by atoms with Crippen molar-refractivity contribution in [2.45, 2.75) is 13.8 Å². The maximum absolute atomic E-state index is 11.9. The summed E-state index contributed by atoms with van der Waals surface area (Å²) >= 11 is 0. The van der Waals surface area contributed by atoms with E-state index in [0.717, 1.165) is 0 Å². The maximum Gasteiger partial charge on any atom is 0.292 e. The normalized spacial score (nSPS) is 13.5. The number of amidine groups is 1. The van der Waals surface area contributed by atoms with E-state index < -0.39 is 0 Å². The zero-order chi connectivity index (χ0) is 13.0. The summed E-state index contributed by atoms with van der Waals surface area (Å²) in [6, 6.07) is 1.56. The molecular formula is C10H16N4O3. The molecule has 1 amide bonds. The summed E-state index contributed by atoms with van der Waals surface area (Å²) in [5.74, 6) is -0.267. The van der Waals surface area contributed by atoms with Gasteiger partial charge in [0.2, 0.25) is 5.76 Å². The van der Waals surface area contributed by atoms with Gasteiger partial charge in [-0.3, -0.25) is 4.79 Å². The zero-order valence-electron chi connectivity index (χ0n) is 10.0. The van der Waals surface area contributed by atoms with E-state index in [-0.39, 0.29) is 23.4 Å². The van der Waals surface area contributed by atoms with Gasteiger partial charge in [0.15, 0.2) is 0 Å². The number of nitrogens with zero attached hydrogens (tertiary/aromatic N) is 3. The first-order valence-corrected chi connectivity index (χ1v) is 5.12. The zero-order valence-corrected chi connectivity index (χ0v) is 10.0. The lowest BCUT2D eigenvalue weighted by atomic mass is 10.1. The molecule has 1 rings (SSSR count). The SMILES string of the molecule is Cc1cc(C(=O)N(C)CC(C)C(N)=NO)on1. The topological polar surface area (TPSA) is 105 Å². The summed E-state index contributed by atoms with van der Waals surface area (Å²) in [5.41, 5.74) is 6.08. The molecule has 17 heavy (non-hydrogen) atoms. The molecule has 7 heteroatoms. The number of aromatic nitrogens is 1. The van der Waals surface area contributed by atoms with Crippen LogP contribution in [-0.4, -0.2) is 40.6 Å². The third-order valence-electron chi connectivity index (χ3n) is 2.35. The van der Waals surface area contributed by atoms with Gasteiger partial charge in [-0.2, -0.15) is 0 Å². The molecule has 0 saturated heterocycles. The van der Waals surface area contributed by atoms with Gasteiger partial charge in [-0.15, -0.1) is 0 Å². The fraction of sp³-hybridized carbons (Fsp3) is 0.500. The first-order chi connectivity index (χ1) is 7.95. The standard InChI is InChI=1S/C10H16N4O3/c1-6(9(11)12-16)5-14(3)10(15)8-4-7(2)13-17-8/h4,6,16H,5H2,1-3H3,(H2,11,12). The van der Waals surface area contributed by atoms with Crippen molar-refractivity contribution in [3.63, 3.8) is 0 Å². The van der Waals surface area contributed by atoms with Crippen LogP contribution in [0, 0.1) is 12.8 Å². The summed E-state index contributed by atoms with van der Waals surface area (Å²) in [5, 5.41) is 15.0. The van der Waals surface area contributed by atoms with Crippen LogP contribution in [0.5, 0.6) is 0 Å². The van der Waals surface area contributed by atoms with E-state index in [1.54, 1.807) is 27.0 Å². The number of oxime groups is 1. The summed E-state index contributed by atoms with van der Waals surface area (Å²) in [4.78, 5) is 13.3. The van der Waals surface area contributed by atoms with Gasteiger partial charge < -0.3 is 20.4 Å². The molecule has 0 aliphatic rings. The van der Waals surface area contributed by atoms with E-state index in [9.17, 15) is 4.79 Å². The average molecular weight is 240 g/mol. The molecule has 0 aromatic carbocycles. The highest BCUT2D eigenvalue weighted by Gasteiger charge is 2.19. The Labute approximate surface area is 98.9 Å². The average Bonchev–Trinajstić information content (AvgIpc) is 2.73. The highest BCUT2D eigenvalue weighted by molar-refractivity contribution is 5.91. The molecule has 1 aromatic heterocycles. The van der Waals surface area contributed by atoms with Gasteiger partial charge in [-0.25, -0.2) is 0 Å². The molecule has 3 N–H and O–H groups in total.